The van der Waals surface area contributed by atoms with Crippen molar-refractivity contribution < 1.29 is 14.5 Å². The van der Waals surface area contributed by atoms with E-state index < -0.39 is 0 Å². The third-order valence-corrected chi connectivity index (χ3v) is 5.25. The number of methoxy groups -OCH3 is 1. The fraction of sp³-hybridized carbons (Fsp3) is 0.579. The van der Waals surface area contributed by atoms with Gasteiger partial charge in [-0.05, 0) is 31.4 Å². The van der Waals surface area contributed by atoms with E-state index in [9.17, 15) is 0 Å². The summed E-state index contributed by atoms with van der Waals surface area (Å²) in [4.78, 5) is 3.53. The fourth-order valence-corrected chi connectivity index (χ4v) is 3.91. The molecule has 0 aromatic heterocycles. The Balaban J connectivity index is 1.46. The van der Waals surface area contributed by atoms with Gasteiger partial charge in [-0.1, -0.05) is 24.3 Å². The minimum atomic E-state index is 0.927. The molecule has 0 bridgehead atoms. The summed E-state index contributed by atoms with van der Waals surface area (Å²) in [6.45, 7) is 7.71. The number of para-hydroxylation sites is 1. The van der Waals surface area contributed by atoms with Crippen LogP contribution in [0.2, 0.25) is 0 Å². The second-order valence-corrected chi connectivity index (χ2v) is 6.84. The Morgan fingerprint density at radius 2 is 1.82 bits per heavy atom. The van der Waals surface area contributed by atoms with Crippen LogP contribution in [0.5, 0.6) is 5.75 Å². The van der Waals surface area contributed by atoms with Crippen LogP contribution < -0.4 is 14.5 Å². The largest absolute Gasteiger partial charge is 0.496 e. The molecule has 1 atom stereocenters. The van der Waals surface area contributed by atoms with E-state index in [4.69, 9.17) is 4.74 Å². The van der Waals surface area contributed by atoms with Crippen molar-refractivity contribution in [2.24, 2.45) is 5.92 Å². The van der Waals surface area contributed by atoms with E-state index in [1.807, 2.05) is 4.90 Å². The number of hydrogen-bond donors (Lipinski definition) is 2. The van der Waals surface area contributed by atoms with E-state index in [2.05, 4.69) is 36.4 Å². The molecule has 0 radical (unpaired) electrons. The molecule has 0 saturated carbocycles. The average molecular weight is 302 g/mol. The normalized spacial score (nSPS) is 28.5. The van der Waals surface area contributed by atoms with Gasteiger partial charge in [-0.15, -0.1) is 0 Å². The Bertz CT molecular complexity index is 492. The molecule has 120 valence electrons. The summed E-state index contributed by atoms with van der Waals surface area (Å²) in [6, 6.07) is 8.46. The molecular weight excluding hydrogens is 272 g/mol. The summed E-state index contributed by atoms with van der Waals surface area (Å²) in [7, 11) is 1.77. The lowest BCUT2D eigenvalue weighted by atomic mass is 9.94. The molecule has 3 nitrogen and oxygen atoms in total. The third-order valence-electron chi connectivity index (χ3n) is 5.25. The minimum absolute atomic E-state index is 0.927. The molecule has 0 spiro atoms. The smallest absolute Gasteiger partial charge is 0.127 e. The molecule has 3 rings (SSSR count). The van der Waals surface area contributed by atoms with Crippen LogP contribution in [0, 0.1) is 5.92 Å². The minimum Gasteiger partial charge on any atom is -0.496 e. The van der Waals surface area contributed by atoms with Crippen molar-refractivity contribution in [3.05, 3.63) is 42.0 Å². The first kappa shape index (κ1) is 15.6. The molecule has 1 aromatic rings. The molecule has 2 aliphatic rings. The maximum absolute atomic E-state index is 5.48. The van der Waals surface area contributed by atoms with Crippen LogP contribution in [0.4, 0.5) is 0 Å². The Morgan fingerprint density at radius 1 is 1.05 bits per heavy atom. The van der Waals surface area contributed by atoms with E-state index in [-0.39, 0.29) is 0 Å². The first-order valence-corrected chi connectivity index (χ1v) is 8.79. The van der Waals surface area contributed by atoms with Crippen molar-refractivity contribution in [2.45, 2.75) is 25.8 Å². The molecule has 3 heteroatoms. The van der Waals surface area contributed by atoms with Crippen LogP contribution in [0.3, 0.4) is 0 Å². The molecule has 1 aliphatic heterocycles. The van der Waals surface area contributed by atoms with Crippen LogP contribution in [-0.4, -0.2) is 39.8 Å². The van der Waals surface area contributed by atoms with Crippen LogP contribution in [0.1, 0.15) is 24.8 Å². The molecule has 1 heterocycles. The number of benzene rings is 1. The zero-order valence-corrected chi connectivity index (χ0v) is 13.8. The van der Waals surface area contributed by atoms with Gasteiger partial charge in [0.15, 0.2) is 0 Å². The van der Waals surface area contributed by atoms with Crippen LogP contribution in [0.25, 0.3) is 0 Å². The van der Waals surface area contributed by atoms with E-state index in [1.54, 1.807) is 12.0 Å². The summed E-state index contributed by atoms with van der Waals surface area (Å²) in [6.07, 6.45) is 8.74. The highest BCUT2D eigenvalue weighted by Crippen LogP contribution is 2.16. The lowest BCUT2D eigenvalue weighted by Crippen LogP contribution is -3.27. The van der Waals surface area contributed by atoms with E-state index in [1.165, 1.54) is 57.5 Å². The number of piperazine rings is 1. The maximum Gasteiger partial charge on any atom is 0.127 e. The number of hydrogen-bond acceptors (Lipinski definition) is 1. The van der Waals surface area contributed by atoms with Crippen molar-refractivity contribution in [3.8, 4) is 5.75 Å². The fourth-order valence-electron chi connectivity index (χ4n) is 3.91. The molecule has 22 heavy (non-hydrogen) atoms. The van der Waals surface area contributed by atoms with E-state index in [0.717, 1.165) is 18.2 Å². The molecule has 2 N–H and O–H groups in total. The lowest BCUT2D eigenvalue weighted by Gasteiger charge is -2.32. The second-order valence-electron chi connectivity index (χ2n) is 6.84. The molecule has 1 fully saturated rings. The molecule has 0 unspecified atom stereocenters. The highest BCUT2D eigenvalue weighted by atomic mass is 16.5. The standard InChI is InChI=1S/C19H28N2O/c1-22-19-10-6-5-9-18(19)16-21-13-11-20(12-14-21)15-17-7-3-2-4-8-17/h2-3,5-6,9-10,17H,4,7-8,11-16H2,1H3/p+2/t17-/m1/s1. The highest BCUT2D eigenvalue weighted by Gasteiger charge is 2.26. The number of quaternary nitrogens is 2. The highest BCUT2D eigenvalue weighted by molar-refractivity contribution is 5.32. The van der Waals surface area contributed by atoms with Crippen molar-refractivity contribution in [3.63, 3.8) is 0 Å². The van der Waals surface area contributed by atoms with Gasteiger partial charge >= 0.3 is 0 Å². The Kier molecular flexibility index (Phi) is 5.52. The molecule has 1 saturated heterocycles. The Morgan fingerprint density at radius 3 is 2.55 bits per heavy atom. The van der Waals surface area contributed by atoms with Crippen LogP contribution in [0.15, 0.2) is 36.4 Å². The van der Waals surface area contributed by atoms with Gasteiger partial charge in [0.05, 0.1) is 13.7 Å². The van der Waals surface area contributed by atoms with Crippen molar-refractivity contribution >= 4 is 0 Å². The van der Waals surface area contributed by atoms with Crippen molar-refractivity contribution in [1.82, 2.24) is 0 Å². The first-order chi connectivity index (χ1) is 10.8. The van der Waals surface area contributed by atoms with E-state index >= 15 is 0 Å². The van der Waals surface area contributed by atoms with Gasteiger partial charge in [0, 0.05) is 11.5 Å². The summed E-state index contributed by atoms with van der Waals surface area (Å²) in [5, 5.41) is 0. The number of rotatable bonds is 5. The second kappa shape index (κ2) is 7.80. The van der Waals surface area contributed by atoms with Crippen molar-refractivity contribution in [1.29, 1.82) is 0 Å². The monoisotopic (exact) mass is 302 g/mol. The van der Waals surface area contributed by atoms with E-state index in [0.29, 0.717) is 0 Å². The summed E-state index contributed by atoms with van der Waals surface area (Å²) in [5.74, 6) is 1.97. The molecule has 0 amide bonds. The maximum atomic E-state index is 5.48. The Hall–Kier alpha value is -1.32. The predicted molar refractivity (Wildman–Crippen MR) is 89.4 cm³/mol. The SMILES string of the molecule is COc1ccccc1C[NH+]1CC[NH+](C[C@@H]2CC=CCC2)CC1. The van der Waals surface area contributed by atoms with Crippen LogP contribution >= 0.6 is 0 Å². The number of allylic oxidation sites excluding steroid dienone is 2. The molecular formula is C19H30N2O+2. The van der Waals surface area contributed by atoms with Gasteiger partial charge < -0.3 is 14.5 Å². The topological polar surface area (TPSA) is 18.1 Å². The Labute approximate surface area is 134 Å². The zero-order chi connectivity index (χ0) is 15.2. The number of nitrogens with one attached hydrogen (secondary N) is 2. The molecule has 1 aliphatic carbocycles. The predicted octanol–water partition coefficient (Wildman–Crippen LogP) is 0.335. The van der Waals surface area contributed by atoms with Gasteiger partial charge in [-0.3, -0.25) is 0 Å². The van der Waals surface area contributed by atoms with Gasteiger partial charge in [0.25, 0.3) is 0 Å². The quantitative estimate of drug-likeness (QED) is 0.751. The van der Waals surface area contributed by atoms with Gasteiger partial charge in [-0.25, -0.2) is 0 Å². The first-order valence-electron chi connectivity index (χ1n) is 8.79. The summed E-state index contributed by atoms with van der Waals surface area (Å²) >= 11 is 0. The lowest BCUT2D eigenvalue weighted by molar-refractivity contribution is -1.02. The van der Waals surface area contributed by atoms with Gasteiger partial charge in [-0.2, -0.15) is 0 Å². The average Bonchev–Trinajstić information content (AvgIpc) is 2.58. The van der Waals surface area contributed by atoms with Gasteiger partial charge in [0.1, 0.15) is 38.5 Å². The number of ether oxygens (including phenoxy) is 1. The van der Waals surface area contributed by atoms with Crippen molar-refractivity contribution in [2.75, 3.05) is 39.8 Å². The van der Waals surface area contributed by atoms with Crippen LogP contribution in [-0.2, 0) is 6.54 Å². The summed E-state index contributed by atoms with van der Waals surface area (Å²) in [5.41, 5.74) is 1.35. The molecule has 1 aromatic carbocycles. The van der Waals surface area contributed by atoms with Gasteiger partial charge in [0.2, 0.25) is 0 Å². The third kappa shape index (κ3) is 4.11. The summed E-state index contributed by atoms with van der Waals surface area (Å²) < 4.78 is 5.48. The zero-order valence-electron chi connectivity index (χ0n) is 13.8.